The van der Waals surface area contributed by atoms with E-state index in [0.29, 0.717) is 29.1 Å². The molecule has 162 valence electrons. The summed E-state index contributed by atoms with van der Waals surface area (Å²) >= 11 is 6.41. The van der Waals surface area contributed by atoms with E-state index < -0.39 is 0 Å². The molecular weight excluding hydrogens is 412 g/mol. The van der Waals surface area contributed by atoms with Crippen LogP contribution in [0.25, 0.3) is 0 Å². The van der Waals surface area contributed by atoms with Crippen molar-refractivity contribution in [3.8, 4) is 5.75 Å². The lowest BCUT2D eigenvalue weighted by atomic mass is 10.2. The van der Waals surface area contributed by atoms with Crippen LogP contribution in [-0.4, -0.2) is 41.2 Å². The van der Waals surface area contributed by atoms with Crippen LogP contribution in [0.4, 0.5) is 23.1 Å². The highest BCUT2D eigenvalue weighted by atomic mass is 35.5. The number of nitrogens with zero attached hydrogens (tertiary/aromatic N) is 3. The molecule has 0 unspecified atom stereocenters. The number of hydrogen-bond acceptors (Lipinski definition) is 7. The van der Waals surface area contributed by atoms with Gasteiger partial charge in [-0.3, -0.25) is 4.90 Å². The first-order valence-corrected chi connectivity index (χ1v) is 10.9. The van der Waals surface area contributed by atoms with E-state index in [1.54, 1.807) is 6.20 Å². The lowest BCUT2D eigenvalue weighted by Crippen LogP contribution is -2.34. The second-order valence-electron chi connectivity index (χ2n) is 7.36. The van der Waals surface area contributed by atoms with Crippen molar-refractivity contribution < 1.29 is 4.74 Å². The van der Waals surface area contributed by atoms with E-state index >= 15 is 0 Å². The van der Waals surface area contributed by atoms with E-state index in [-0.39, 0.29) is 0 Å². The van der Waals surface area contributed by atoms with Gasteiger partial charge in [-0.2, -0.15) is 4.98 Å². The van der Waals surface area contributed by atoms with Crippen molar-refractivity contribution in [2.75, 3.05) is 37.0 Å². The van der Waals surface area contributed by atoms with Crippen LogP contribution in [0.3, 0.4) is 0 Å². The molecule has 2 aromatic carbocycles. The summed E-state index contributed by atoms with van der Waals surface area (Å²) in [5.74, 6) is 1.88. The summed E-state index contributed by atoms with van der Waals surface area (Å²) in [6, 6.07) is 15.8. The Morgan fingerprint density at radius 1 is 1.06 bits per heavy atom. The van der Waals surface area contributed by atoms with Gasteiger partial charge in [-0.1, -0.05) is 30.7 Å². The summed E-state index contributed by atoms with van der Waals surface area (Å²) in [5.41, 5.74) is 3.03. The van der Waals surface area contributed by atoms with E-state index in [1.807, 2.05) is 24.3 Å². The number of aromatic nitrogens is 2. The van der Waals surface area contributed by atoms with E-state index in [0.717, 1.165) is 44.1 Å². The van der Waals surface area contributed by atoms with Gasteiger partial charge in [0.2, 0.25) is 5.95 Å². The monoisotopic (exact) mass is 438 g/mol. The number of anilines is 4. The molecule has 8 heteroatoms. The van der Waals surface area contributed by atoms with Crippen molar-refractivity contribution >= 4 is 34.7 Å². The van der Waals surface area contributed by atoms with Gasteiger partial charge in [-0.05, 0) is 61.5 Å². The highest BCUT2D eigenvalue weighted by Crippen LogP contribution is 2.29. The summed E-state index contributed by atoms with van der Waals surface area (Å²) in [6.45, 7) is 6.35. The van der Waals surface area contributed by atoms with E-state index in [1.165, 1.54) is 5.56 Å². The molecule has 0 aliphatic carbocycles. The topological polar surface area (TPSA) is 74.3 Å². The van der Waals surface area contributed by atoms with Crippen molar-refractivity contribution in [3.05, 3.63) is 65.3 Å². The zero-order chi connectivity index (χ0) is 21.5. The van der Waals surface area contributed by atoms with Gasteiger partial charge in [0.25, 0.3) is 0 Å². The molecule has 3 N–H and O–H groups in total. The smallest absolute Gasteiger partial charge is 0.229 e. The SMILES string of the molecule is CCN1CNCCCOc2ccc(cc2Cl)Nc2ccnc(n2)Nc2ccc(cc2)C1. The van der Waals surface area contributed by atoms with Gasteiger partial charge >= 0.3 is 0 Å². The molecule has 6 bridgehead atoms. The third-order valence-electron chi connectivity index (χ3n) is 5.01. The zero-order valence-electron chi connectivity index (χ0n) is 17.6. The van der Waals surface area contributed by atoms with Crippen LogP contribution in [0.1, 0.15) is 18.9 Å². The summed E-state index contributed by atoms with van der Waals surface area (Å²) in [7, 11) is 0. The van der Waals surface area contributed by atoms with Crippen molar-refractivity contribution in [3.63, 3.8) is 0 Å². The molecule has 0 spiro atoms. The molecular formula is C23H27ClN6O. The Balaban J connectivity index is 1.56. The molecule has 7 nitrogen and oxygen atoms in total. The van der Waals surface area contributed by atoms with Crippen LogP contribution >= 0.6 is 11.6 Å². The highest BCUT2D eigenvalue weighted by Gasteiger charge is 2.08. The molecule has 5 heterocycles. The molecule has 0 saturated heterocycles. The molecule has 0 fully saturated rings. The predicted octanol–water partition coefficient (Wildman–Crippen LogP) is 4.77. The van der Waals surface area contributed by atoms with Gasteiger partial charge in [0.05, 0.1) is 11.6 Å². The van der Waals surface area contributed by atoms with E-state index in [4.69, 9.17) is 16.3 Å². The van der Waals surface area contributed by atoms with Crippen molar-refractivity contribution in [1.29, 1.82) is 0 Å². The van der Waals surface area contributed by atoms with Gasteiger partial charge in [0.15, 0.2) is 0 Å². The molecule has 4 aliphatic rings. The van der Waals surface area contributed by atoms with Crippen LogP contribution in [0.15, 0.2) is 54.7 Å². The normalized spacial score (nSPS) is 15.4. The summed E-state index contributed by atoms with van der Waals surface area (Å²) in [5, 5.41) is 10.6. The molecule has 0 radical (unpaired) electrons. The molecule has 0 amide bonds. The number of nitrogens with one attached hydrogen (secondary N) is 3. The molecule has 31 heavy (non-hydrogen) atoms. The Hall–Kier alpha value is -2.87. The van der Waals surface area contributed by atoms with E-state index in [2.05, 4.69) is 62.0 Å². The largest absolute Gasteiger partial charge is 0.492 e. The molecule has 7 rings (SSSR count). The van der Waals surface area contributed by atoms with Crippen molar-refractivity contribution in [2.45, 2.75) is 19.9 Å². The number of benzene rings is 2. The second kappa shape index (κ2) is 10.4. The Labute approximate surface area is 187 Å². The number of halogens is 1. The second-order valence-corrected chi connectivity index (χ2v) is 7.77. The van der Waals surface area contributed by atoms with E-state index in [9.17, 15) is 0 Å². The minimum atomic E-state index is 0.522. The quantitative estimate of drug-likeness (QED) is 0.505. The standard InChI is InChI=1S/C23H27ClN6O/c1-2-30-15-17-4-6-18(7-5-17)28-23-26-12-10-22(29-23)27-19-8-9-21(20(24)14-19)31-13-3-11-25-16-30/h4-10,12,14,25H,2-3,11,13,15-16H2,1H3,(H2,26,27,28,29). The van der Waals surface area contributed by atoms with Gasteiger partial charge in [0, 0.05) is 30.8 Å². The third kappa shape index (κ3) is 6.07. The average Bonchev–Trinajstić information content (AvgIpc) is 2.77. The molecule has 4 aliphatic heterocycles. The number of hydrogen-bond donors (Lipinski definition) is 3. The lowest BCUT2D eigenvalue weighted by molar-refractivity contribution is 0.249. The summed E-state index contributed by atoms with van der Waals surface area (Å²) in [6.07, 6.45) is 2.62. The fourth-order valence-electron chi connectivity index (χ4n) is 3.31. The maximum absolute atomic E-state index is 6.41. The summed E-state index contributed by atoms with van der Waals surface area (Å²) in [4.78, 5) is 11.2. The maximum atomic E-state index is 6.41. The lowest BCUT2D eigenvalue weighted by Gasteiger charge is -2.21. The molecule has 0 saturated carbocycles. The maximum Gasteiger partial charge on any atom is 0.229 e. The first-order valence-electron chi connectivity index (χ1n) is 10.5. The van der Waals surface area contributed by atoms with Crippen LogP contribution in [0.5, 0.6) is 5.75 Å². The van der Waals surface area contributed by atoms with Gasteiger partial charge < -0.3 is 20.7 Å². The van der Waals surface area contributed by atoms with Crippen molar-refractivity contribution in [2.24, 2.45) is 0 Å². The van der Waals surface area contributed by atoms with Crippen LogP contribution in [0.2, 0.25) is 5.02 Å². The minimum absolute atomic E-state index is 0.522. The first kappa shape index (κ1) is 21.4. The van der Waals surface area contributed by atoms with Crippen LogP contribution < -0.4 is 20.7 Å². The average molecular weight is 439 g/mol. The Morgan fingerprint density at radius 2 is 1.90 bits per heavy atom. The molecule has 1 aromatic heterocycles. The highest BCUT2D eigenvalue weighted by molar-refractivity contribution is 6.32. The van der Waals surface area contributed by atoms with Crippen molar-refractivity contribution in [1.82, 2.24) is 20.2 Å². The number of rotatable bonds is 1. The Kier molecular flexibility index (Phi) is 7.19. The van der Waals surface area contributed by atoms with Crippen LogP contribution in [-0.2, 0) is 6.54 Å². The minimum Gasteiger partial charge on any atom is -0.492 e. The predicted molar refractivity (Wildman–Crippen MR) is 126 cm³/mol. The Morgan fingerprint density at radius 3 is 2.71 bits per heavy atom. The fraction of sp³-hybridized carbons (Fsp3) is 0.304. The third-order valence-corrected chi connectivity index (χ3v) is 5.31. The molecule has 0 atom stereocenters. The van der Waals surface area contributed by atoms with Crippen LogP contribution in [0, 0.1) is 0 Å². The van der Waals surface area contributed by atoms with Gasteiger partial charge in [0.1, 0.15) is 11.6 Å². The van der Waals surface area contributed by atoms with Gasteiger partial charge in [-0.25, -0.2) is 4.98 Å². The van der Waals surface area contributed by atoms with Gasteiger partial charge in [-0.15, -0.1) is 0 Å². The first-order chi connectivity index (χ1) is 15.2. The zero-order valence-corrected chi connectivity index (χ0v) is 18.3. The fourth-order valence-corrected chi connectivity index (χ4v) is 3.54. The summed E-state index contributed by atoms with van der Waals surface area (Å²) < 4.78 is 5.85. The Bertz CT molecular complexity index is 998. The molecule has 3 aromatic rings. The number of ether oxygens (including phenoxy) is 1.